The Labute approximate surface area is 166 Å². The van der Waals surface area contributed by atoms with Crippen LogP contribution in [0.25, 0.3) is 0 Å². The van der Waals surface area contributed by atoms with Gasteiger partial charge in [0.05, 0.1) is 31.6 Å². The molecule has 6 heteroatoms. The lowest BCUT2D eigenvalue weighted by atomic mass is 9.85. The zero-order chi connectivity index (χ0) is 19.7. The first-order valence-corrected chi connectivity index (χ1v) is 10.4. The number of nitrogens with one attached hydrogen (secondary N) is 1. The van der Waals surface area contributed by atoms with Crippen LogP contribution in [0.4, 0.5) is 0 Å². The molecule has 6 nitrogen and oxygen atoms in total. The Morgan fingerprint density at radius 2 is 1.54 bits per heavy atom. The highest BCUT2D eigenvalue weighted by atomic mass is 16.5. The van der Waals surface area contributed by atoms with Crippen LogP contribution in [0.15, 0.2) is 24.3 Å². The number of allylic oxidation sites excluding steroid dienone is 2. The molecule has 3 atom stereocenters. The van der Waals surface area contributed by atoms with Gasteiger partial charge in [0, 0.05) is 12.0 Å². The number of nitrogens with zero attached hydrogens (tertiary/aromatic N) is 1. The van der Waals surface area contributed by atoms with Gasteiger partial charge in [-0.2, -0.15) is 0 Å². The lowest BCUT2D eigenvalue weighted by Crippen LogP contribution is -3.13. The van der Waals surface area contributed by atoms with Crippen LogP contribution >= 0.6 is 0 Å². The van der Waals surface area contributed by atoms with Crippen LogP contribution < -0.4 is 14.4 Å². The maximum absolute atomic E-state index is 12.7. The molecule has 1 aliphatic carbocycles. The van der Waals surface area contributed by atoms with E-state index in [2.05, 4.69) is 12.1 Å². The number of quaternary nitrogens is 1. The molecule has 1 aromatic rings. The molecule has 0 radical (unpaired) electrons. The molecule has 1 unspecified atom stereocenters. The van der Waals surface area contributed by atoms with Crippen molar-refractivity contribution in [3.05, 3.63) is 35.4 Å². The monoisotopic (exact) mass is 385 g/mol. The van der Waals surface area contributed by atoms with Crippen LogP contribution in [-0.2, 0) is 22.6 Å². The first-order chi connectivity index (χ1) is 13.6. The predicted octanol–water partition coefficient (Wildman–Crippen LogP) is 1.33. The van der Waals surface area contributed by atoms with Gasteiger partial charge in [-0.15, -0.1) is 0 Å². The molecule has 1 N–H and O–H groups in total. The zero-order valence-corrected chi connectivity index (χ0v) is 16.7. The highest BCUT2D eigenvalue weighted by Gasteiger charge is 2.48. The largest absolute Gasteiger partial charge is 0.490 e. The Morgan fingerprint density at radius 1 is 0.964 bits per heavy atom. The summed E-state index contributed by atoms with van der Waals surface area (Å²) < 4.78 is 11.5. The zero-order valence-electron chi connectivity index (χ0n) is 16.7. The van der Waals surface area contributed by atoms with Crippen LogP contribution in [0.3, 0.4) is 0 Å². The highest BCUT2D eigenvalue weighted by molar-refractivity contribution is 6.05. The van der Waals surface area contributed by atoms with Gasteiger partial charge in [-0.25, -0.2) is 4.90 Å². The number of carbonyl (C=O) groups is 2. The lowest BCUT2D eigenvalue weighted by Gasteiger charge is -2.29. The standard InChI is InChI=1S/C22H28N2O4/c1-3-27-19-11-15-9-10-23(13-16(15)12-20(19)28-4-2)14-24-21(25)17-7-5-6-8-18(17)22(24)26/h5-6,11-12,17-18H,3-4,7-10,13-14H2,1-2H3/p+1/t17-,18+. The number of rotatable bonds is 6. The molecule has 1 saturated heterocycles. The minimum absolute atomic E-state index is 0.0133. The minimum Gasteiger partial charge on any atom is -0.490 e. The summed E-state index contributed by atoms with van der Waals surface area (Å²) in [5.41, 5.74) is 2.49. The second-order valence-electron chi connectivity index (χ2n) is 7.78. The number of hydrogen-bond donors (Lipinski definition) is 1. The van der Waals surface area contributed by atoms with E-state index in [4.69, 9.17) is 9.47 Å². The van der Waals surface area contributed by atoms with E-state index in [0.29, 0.717) is 32.7 Å². The number of imide groups is 1. The number of amides is 2. The topological polar surface area (TPSA) is 60.3 Å². The van der Waals surface area contributed by atoms with Crippen molar-refractivity contribution in [1.82, 2.24) is 4.90 Å². The van der Waals surface area contributed by atoms with E-state index >= 15 is 0 Å². The van der Waals surface area contributed by atoms with Gasteiger partial charge in [-0.3, -0.25) is 9.59 Å². The van der Waals surface area contributed by atoms with Gasteiger partial charge >= 0.3 is 0 Å². The van der Waals surface area contributed by atoms with E-state index in [1.165, 1.54) is 20.9 Å². The van der Waals surface area contributed by atoms with E-state index < -0.39 is 0 Å². The average Bonchev–Trinajstić information content (AvgIpc) is 2.94. The molecule has 0 bridgehead atoms. The molecule has 1 aromatic carbocycles. The smallest absolute Gasteiger partial charge is 0.237 e. The highest BCUT2D eigenvalue weighted by Crippen LogP contribution is 2.35. The van der Waals surface area contributed by atoms with Crippen LogP contribution in [-0.4, -0.2) is 43.1 Å². The second kappa shape index (κ2) is 7.95. The summed E-state index contributed by atoms with van der Waals surface area (Å²) in [5.74, 6) is 1.31. The molecule has 3 aliphatic rings. The Bertz CT molecular complexity index is 778. The van der Waals surface area contributed by atoms with Crippen LogP contribution in [0, 0.1) is 11.8 Å². The average molecular weight is 385 g/mol. The molecule has 0 aromatic heterocycles. The molecule has 2 heterocycles. The number of likely N-dealkylation sites (tertiary alicyclic amines) is 1. The summed E-state index contributed by atoms with van der Waals surface area (Å²) in [6.45, 7) is 7.27. The van der Waals surface area contributed by atoms with E-state index in [0.717, 1.165) is 31.0 Å². The van der Waals surface area contributed by atoms with E-state index in [-0.39, 0.29) is 23.7 Å². The fraction of sp³-hybridized carbons (Fsp3) is 0.545. The molecule has 2 amide bonds. The van der Waals surface area contributed by atoms with Gasteiger partial charge in [0.25, 0.3) is 0 Å². The number of ether oxygens (including phenoxy) is 2. The van der Waals surface area contributed by atoms with E-state index in [1.807, 2.05) is 26.0 Å². The van der Waals surface area contributed by atoms with Crippen molar-refractivity contribution in [2.24, 2.45) is 11.8 Å². The summed E-state index contributed by atoms with van der Waals surface area (Å²) in [4.78, 5) is 28.3. The summed E-state index contributed by atoms with van der Waals surface area (Å²) in [6.07, 6.45) is 6.36. The third-order valence-corrected chi connectivity index (χ3v) is 6.03. The fourth-order valence-corrected chi connectivity index (χ4v) is 4.63. The van der Waals surface area contributed by atoms with Gasteiger partial charge in [-0.1, -0.05) is 12.2 Å². The summed E-state index contributed by atoms with van der Waals surface area (Å²) in [7, 11) is 0. The molecular weight excluding hydrogens is 356 g/mol. The Morgan fingerprint density at radius 3 is 2.11 bits per heavy atom. The first kappa shape index (κ1) is 19.0. The molecular formula is C22H29N2O4+. The maximum Gasteiger partial charge on any atom is 0.237 e. The number of benzene rings is 1. The third kappa shape index (κ3) is 3.41. The Balaban J connectivity index is 1.49. The van der Waals surface area contributed by atoms with Crippen LogP contribution in [0.2, 0.25) is 0 Å². The molecule has 1 fully saturated rings. The van der Waals surface area contributed by atoms with Crippen molar-refractivity contribution in [1.29, 1.82) is 0 Å². The fourth-order valence-electron chi connectivity index (χ4n) is 4.63. The molecule has 4 rings (SSSR count). The number of carbonyl (C=O) groups excluding carboxylic acids is 2. The quantitative estimate of drug-likeness (QED) is 0.593. The summed E-state index contributed by atoms with van der Waals surface area (Å²) in [6, 6.07) is 4.16. The van der Waals surface area contributed by atoms with Crippen molar-refractivity contribution < 1.29 is 24.0 Å². The van der Waals surface area contributed by atoms with Gasteiger partial charge in [0.1, 0.15) is 6.54 Å². The normalized spacial score (nSPS) is 26.2. The Hall–Kier alpha value is -2.34. The summed E-state index contributed by atoms with van der Waals surface area (Å²) >= 11 is 0. The molecule has 2 aliphatic heterocycles. The van der Waals surface area contributed by atoms with Crippen LogP contribution in [0.5, 0.6) is 11.5 Å². The Kier molecular flexibility index (Phi) is 5.40. The lowest BCUT2D eigenvalue weighted by molar-refractivity contribution is -0.923. The van der Waals surface area contributed by atoms with Crippen molar-refractivity contribution in [3.63, 3.8) is 0 Å². The van der Waals surface area contributed by atoms with Crippen molar-refractivity contribution in [3.8, 4) is 11.5 Å². The minimum atomic E-state index is -0.146. The molecule has 150 valence electrons. The van der Waals surface area contributed by atoms with Crippen molar-refractivity contribution in [2.75, 3.05) is 26.4 Å². The van der Waals surface area contributed by atoms with Gasteiger partial charge in [-0.05, 0) is 44.4 Å². The second-order valence-corrected chi connectivity index (χ2v) is 7.78. The number of hydrogen-bond acceptors (Lipinski definition) is 4. The first-order valence-electron chi connectivity index (χ1n) is 10.4. The molecule has 28 heavy (non-hydrogen) atoms. The predicted molar refractivity (Wildman–Crippen MR) is 104 cm³/mol. The number of fused-ring (bicyclic) bond motifs is 2. The van der Waals surface area contributed by atoms with Crippen molar-refractivity contribution >= 4 is 11.8 Å². The van der Waals surface area contributed by atoms with Gasteiger partial charge < -0.3 is 14.4 Å². The van der Waals surface area contributed by atoms with Gasteiger partial charge in [0.2, 0.25) is 11.8 Å². The van der Waals surface area contributed by atoms with E-state index in [9.17, 15) is 9.59 Å². The molecule has 0 spiro atoms. The van der Waals surface area contributed by atoms with Crippen molar-refractivity contribution in [2.45, 2.75) is 39.7 Å². The van der Waals surface area contributed by atoms with Crippen LogP contribution in [0.1, 0.15) is 37.8 Å². The SMILES string of the molecule is CCOc1cc2c(cc1OCC)C[NH+](CN1C(=O)[C@H]3CC=CC[C@H]3C1=O)CC2. The van der Waals surface area contributed by atoms with Gasteiger partial charge in [0.15, 0.2) is 18.2 Å². The van der Waals surface area contributed by atoms with E-state index in [1.54, 1.807) is 0 Å². The third-order valence-electron chi connectivity index (χ3n) is 6.03. The molecule has 0 saturated carbocycles. The maximum atomic E-state index is 12.7. The summed E-state index contributed by atoms with van der Waals surface area (Å²) in [5, 5.41) is 0.